The van der Waals surface area contributed by atoms with Gasteiger partial charge >= 0.3 is 0 Å². The number of carbonyl (C=O) groups is 1. The molecule has 0 spiro atoms. The quantitative estimate of drug-likeness (QED) is 0.794. The molecule has 1 aromatic heterocycles. The zero-order valence-electron chi connectivity index (χ0n) is 15.7. The van der Waals surface area contributed by atoms with Crippen LogP contribution in [0.2, 0.25) is 0 Å². The van der Waals surface area contributed by atoms with Gasteiger partial charge < -0.3 is 9.47 Å². The molecule has 1 saturated heterocycles. The van der Waals surface area contributed by atoms with Crippen LogP contribution in [0, 0.1) is 16.6 Å². The Kier molecular flexibility index (Phi) is 6.31. The van der Waals surface area contributed by atoms with E-state index in [2.05, 4.69) is 33.5 Å². The Morgan fingerprint density at radius 2 is 1.92 bits per heavy atom. The summed E-state index contributed by atoms with van der Waals surface area (Å²) in [6, 6.07) is 0. The SMILES string of the molecule is CCn1c(C2CCN(C(=O)CC(C)C3CCCCC3)CC2)n[nH]c1=S. The minimum Gasteiger partial charge on any atom is -0.343 e. The maximum Gasteiger partial charge on any atom is 0.222 e. The van der Waals surface area contributed by atoms with Gasteiger partial charge in [-0.3, -0.25) is 9.89 Å². The molecule has 2 aliphatic rings. The predicted octanol–water partition coefficient (Wildman–Crippen LogP) is 4.27. The number of likely N-dealkylation sites (tertiary alicyclic amines) is 1. The van der Waals surface area contributed by atoms with E-state index in [9.17, 15) is 4.79 Å². The number of carbonyl (C=O) groups excluding carboxylic acids is 1. The van der Waals surface area contributed by atoms with Crippen LogP contribution in [0.15, 0.2) is 0 Å². The van der Waals surface area contributed by atoms with Crippen LogP contribution in [0.25, 0.3) is 0 Å². The van der Waals surface area contributed by atoms with Crippen molar-refractivity contribution in [1.29, 1.82) is 0 Å². The van der Waals surface area contributed by atoms with Crippen LogP contribution in [0.3, 0.4) is 0 Å². The summed E-state index contributed by atoms with van der Waals surface area (Å²) >= 11 is 5.30. The number of hydrogen-bond donors (Lipinski definition) is 1. The van der Waals surface area contributed by atoms with Gasteiger partial charge in [-0.15, -0.1) is 0 Å². The Balaban J connectivity index is 1.51. The number of nitrogens with zero attached hydrogens (tertiary/aromatic N) is 3. The first kappa shape index (κ1) is 18.6. The highest BCUT2D eigenvalue weighted by Crippen LogP contribution is 2.33. The second kappa shape index (κ2) is 8.47. The highest BCUT2D eigenvalue weighted by molar-refractivity contribution is 7.71. The molecule has 0 bridgehead atoms. The van der Waals surface area contributed by atoms with Crippen molar-refractivity contribution >= 4 is 18.1 Å². The van der Waals surface area contributed by atoms with Gasteiger partial charge in [0.05, 0.1) is 0 Å². The maximum atomic E-state index is 12.7. The topological polar surface area (TPSA) is 53.9 Å². The molecule has 1 N–H and O–H groups in total. The summed E-state index contributed by atoms with van der Waals surface area (Å²) in [5.74, 6) is 3.11. The highest BCUT2D eigenvalue weighted by atomic mass is 32.1. The summed E-state index contributed by atoms with van der Waals surface area (Å²) in [4.78, 5) is 14.8. The number of aromatic amines is 1. The fourth-order valence-corrected chi connectivity index (χ4v) is 4.88. The number of aromatic nitrogens is 3. The first-order valence-electron chi connectivity index (χ1n) is 10.0. The zero-order chi connectivity index (χ0) is 17.8. The van der Waals surface area contributed by atoms with Gasteiger partial charge in [0, 0.05) is 32.0 Å². The van der Waals surface area contributed by atoms with E-state index in [1.165, 1.54) is 32.1 Å². The van der Waals surface area contributed by atoms with E-state index in [-0.39, 0.29) is 0 Å². The van der Waals surface area contributed by atoms with Gasteiger partial charge in [0.15, 0.2) is 4.77 Å². The standard InChI is InChI=1S/C19H32N4OS/c1-3-23-18(20-21-19(23)25)16-9-11-22(12-10-16)17(24)13-14(2)15-7-5-4-6-8-15/h14-16H,3-13H2,1-2H3,(H,21,25). The molecular weight excluding hydrogens is 332 g/mol. The smallest absolute Gasteiger partial charge is 0.222 e. The minimum atomic E-state index is 0.353. The predicted molar refractivity (Wildman–Crippen MR) is 102 cm³/mol. The first-order chi connectivity index (χ1) is 12.1. The molecule has 140 valence electrons. The molecule has 5 nitrogen and oxygen atoms in total. The van der Waals surface area contributed by atoms with Crippen LogP contribution < -0.4 is 0 Å². The summed E-state index contributed by atoms with van der Waals surface area (Å²) in [6.45, 7) is 6.93. The minimum absolute atomic E-state index is 0.353. The molecule has 1 aliphatic heterocycles. The number of H-pyrrole nitrogens is 1. The van der Waals surface area contributed by atoms with E-state index in [4.69, 9.17) is 12.2 Å². The molecule has 0 aromatic carbocycles. The molecule has 1 amide bonds. The number of amides is 1. The van der Waals surface area contributed by atoms with Crippen molar-refractivity contribution in [2.24, 2.45) is 11.8 Å². The van der Waals surface area contributed by atoms with Crippen LogP contribution >= 0.6 is 12.2 Å². The summed E-state index contributed by atoms with van der Waals surface area (Å²) < 4.78 is 2.79. The van der Waals surface area contributed by atoms with Crippen LogP contribution in [0.4, 0.5) is 0 Å². The molecule has 1 atom stereocenters. The Labute approximate surface area is 156 Å². The van der Waals surface area contributed by atoms with Crippen molar-refractivity contribution in [3.63, 3.8) is 0 Å². The summed E-state index contributed by atoms with van der Waals surface area (Å²) in [6.07, 6.45) is 9.41. The fraction of sp³-hybridized carbons (Fsp3) is 0.842. The van der Waals surface area contributed by atoms with Crippen molar-refractivity contribution < 1.29 is 4.79 Å². The van der Waals surface area contributed by atoms with E-state index in [0.29, 0.717) is 22.5 Å². The largest absolute Gasteiger partial charge is 0.343 e. The third kappa shape index (κ3) is 4.33. The second-order valence-corrected chi connectivity index (χ2v) is 8.25. The molecule has 3 rings (SSSR count). The van der Waals surface area contributed by atoms with Gasteiger partial charge in [0.1, 0.15) is 5.82 Å². The normalized spacial score (nSPS) is 21.4. The average Bonchev–Trinajstić information content (AvgIpc) is 3.03. The van der Waals surface area contributed by atoms with Crippen LogP contribution in [-0.4, -0.2) is 38.7 Å². The van der Waals surface area contributed by atoms with Crippen molar-refractivity contribution in [3.8, 4) is 0 Å². The van der Waals surface area contributed by atoms with Gasteiger partial charge in [-0.25, -0.2) is 0 Å². The number of nitrogens with one attached hydrogen (secondary N) is 1. The van der Waals surface area contributed by atoms with Crippen molar-refractivity contribution in [1.82, 2.24) is 19.7 Å². The van der Waals surface area contributed by atoms with Gasteiger partial charge in [-0.2, -0.15) is 5.10 Å². The van der Waals surface area contributed by atoms with Gasteiger partial charge in [0.25, 0.3) is 0 Å². The molecular formula is C19H32N4OS. The monoisotopic (exact) mass is 364 g/mol. The third-order valence-electron chi connectivity index (χ3n) is 6.27. The third-order valence-corrected chi connectivity index (χ3v) is 6.58. The van der Waals surface area contributed by atoms with E-state index in [1.54, 1.807) is 0 Å². The summed E-state index contributed by atoms with van der Waals surface area (Å²) in [5.41, 5.74) is 0. The lowest BCUT2D eigenvalue weighted by Crippen LogP contribution is -2.39. The molecule has 1 unspecified atom stereocenters. The van der Waals surface area contributed by atoms with Crippen molar-refractivity contribution in [3.05, 3.63) is 10.6 Å². The summed E-state index contributed by atoms with van der Waals surface area (Å²) in [5, 5.41) is 7.35. The van der Waals surface area contributed by atoms with Crippen LogP contribution in [0.1, 0.15) is 77.0 Å². The second-order valence-electron chi connectivity index (χ2n) is 7.87. The first-order valence-corrected chi connectivity index (χ1v) is 10.4. The lowest BCUT2D eigenvalue weighted by Gasteiger charge is -2.34. The Hall–Kier alpha value is -1.17. The number of hydrogen-bond acceptors (Lipinski definition) is 3. The van der Waals surface area contributed by atoms with E-state index >= 15 is 0 Å². The average molecular weight is 365 g/mol. The molecule has 1 aliphatic carbocycles. The Morgan fingerprint density at radius 1 is 1.24 bits per heavy atom. The molecule has 0 radical (unpaired) electrons. The lowest BCUT2D eigenvalue weighted by molar-refractivity contribution is -0.133. The van der Waals surface area contributed by atoms with Crippen molar-refractivity contribution in [2.45, 2.75) is 77.7 Å². The van der Waals surface area contributed by atoms with E-state index < -0.39 is 0 Å². The van der Waals surface area contributed by atoms with Crippen molar-refractivity contribution in [2.75, 3.05) is 13.1 Å². The van der Waals surface area contributed by atoms with Gasteiger partial charge in [-0.05, 0) is 43.8 Å². The molecule has 6 heteroatoms. The Morgan fingerprint density at radius 3 is 2.56 bits per heavy atom. The van der Waals surface area contributed by atoms with Crippen LogP contribution in [-0.2, 0) is 11.3 Å². The molecule has 1 saturated carbocycles. The number of piperidine rings is 1. The lowest BCUT2D eigenvalue weighted by atomic mass is 9.79. The molecule has 2 fully saturated rings. The van der Waals surface area contributed by atoms with Gasteiger partial charge in [0.2, 0.25) is 5.91 Å². The molecule has 25 heavy (non-hydrogen) atoms. The molecule has 2 heterocycles. The summed E-state index contributed by atoms with van der Waals surface area (Å²) in [7, 11) is 0. The highest BCUT2D eigenvalue weighted by Gasteiger charge is 2.29. The van der Waals surface area contributed by atoms with E-state index in [1.807, 2.05) is 0 Å². The molecule has 1 aromatic rings. The fourth-order valence-electron chi connectivity index (χ4n) is 4.61. The van der Waals surface area contributed by atoms with Crippen LogP contribution in [0.5, 0.6) is 0 Å². The van der Waals surface area contributed by atoms with E-state index in [0.717, 1.165) is 50.6 Å². The maximum absolute atomic E-state index is 12.7. The van der Waals surface area contributed by atoms with Gasteiger partial charge in [-0.1, -0.05) is 39.0 Å². The number of rotatable bonds is 5. The Bertz CT molecular complexity index is 624. The zero-order valence-corrected chi connectivity index (χ0v) is 16.5.